The molecule has 3 aromatic rings. The number of H-pyrrole nitrogens is 2. The number of nitrogens with one attached hydrogen (secondary N) is 2. The van der Waals surface area contributed by atoms with Gasteiger partial charge in [-0.2, -0.15) is 5.10 Å². The summed E-state index contributed by atoms with van der Waals surface area (Å²) in [4.78, 5) is 33.7. The third kappa shape index (κ3) is 3.22. The molecule has 10 heteroatoms. The van der Waals surface area contributed by atoms with Gasteiger partial charge in [0.15, 0.2) is 5.65 Å². The molecule has 0 spiro atoms. The predicted octanol–water partition coefficient (Wildman–Crippen LogP) is 1.64. The Balaban J connectivity index is 1.89. The van der Waals surface area contributed by atoms with Crippen LogP contribution in [0.3, 0.4) is 0 Å². The second-order valence-electron chi connectivity index (χ2n) is 7.65. The first-order valence-electron chi connectivity index (χ1n) is 8.43. The number of hydrogen-bond donors (Lipinski definition) is 2. The maximum atomic E-state index is 14.3. The first-order chi connectivity index (χ1) is 12.6. The lowest BCUT2D eigenvalue weighted by molar-refractivity contribution is -0.0483. The molecule has 142 valence electrons. The Hall–Kier alpha value is -3.04. The topological polar surface area (TPSA) is 99.2 Å². The normalized spacial score (nSPS) is 18.7. The molecule has 2 N–H and O–H groups in total. The lowest BCUT2D eigenvalue weighted by Gasteiger charge is -2.43. The van der Waals surface area contributed by atoms with Crippen LogP contribution in [0.25, 0.3) is 16.9 Å². The molecule has 1 fully saturated rings. The van der Waals surface area contributed by atoms with E-state index in [1.165, 1.54) is 16.9 Å². The van der Waals surface area contributed by atoms with Crippen molar-refractivity contribution < 1.29 is 8.78 Å². The molecule has 1 aliphatic heterocycles. The van der Waals surface area contributed by atoms with Crippen molar-refractivity contribution in [3.8, 4) is 11.3 Å². The van der Waals surface area contributed by atoms with Gasteiger partial charge in [-0.25, -0.2) is 23.1 Å². The Morgan fingerprint density at radius 2 is 2.00 bits per heavy atom. The molecule has 0 amide bonds. The minimum atomic E-state index is -2.84. The number of anilines is 1. The van der Waals surface area contributed by atoms with Crippen molar-refractivity contribution in [1.82, 2.24) is 24.6 Å². The molecule has 0 atom stereocenters. The highest BCUT2D eigenvalue weighted by atomic mass is 19.3. The maximum absolute atomic E-state index is 14.3. The largest absolute Gasteiger partial charge is 0.362 e. The summed E-state index contributed by atoms with van der Waals surface area (Å²) in [6, 6.07) is 1.56. The highest BCUT2D eigenvalue weighted by Gasteiger charge is 2.44. The average molecular weight is 376 g/mol. The zero-order valence-electron chi connectivity index (χ0n) is 14.8. The van der Waals surface area contributed by atoms with Crippen molar-refractivity contribution in [2.24, 2.45) is 5.41 Å². The van der Waals surface area contributed by atoms with Gasteiger partial charge in [0.1, 0.15) is 5.69 Å². The van der Waals surface area contributed by atoms with Gasteiger partial charge in [-0.05, 0) is 11.5 Å². The molecular formula is C17H18F2N6O2. The van der Waals surface area contributed by atoms with E-state index in [2.05, 4.69) is 20.1 Å². The monoisotopic (exact) mass is 376 g/mol. The molecule has 4 heterocycles. The number of alkyl halides is 2. The molecule has 0 unspecified atom stereocenters. The SMILES string of the molecule is CC1(C)CN(c2cc(-c3c[nH]c(=O)[nH]c3=O)nn3ccnc23)CC(F)(F)C1. The summed E-state index contributed by atoms with van der Waals surface area (Å²) in [7, 11) is 0. The van der Waals surface area contributed by atoms with Gasteiger partial charge in [-0.3, -0.25) is 9.78 Å². The van der Waals surface area contributed by atoms with Gasteiger partial charge in [-0.15, -0.1) is 0 Å². The van der Waals surface area contributed by atoms with Crippen LogP contribution in [0.1, 0.15) is 20.3 Å². The Morgan fingerprint density at radius 1 is 1.22 bits per heavy atom. The van der Waals surface area contributed by atoms with E-state index < -0.39 is 29.1 Å². The fraction of sp³-hybridized carbons (Fsp3) is 0.412. The molecule has 0 saturated carbocycles. The van der Waals surface area contributed by atoms with Gasteiger partial charge >= 0.3 is 5.69 Å². The molecule has 8 nitrogen and oxygen atoms in total. The molecule has 1 saturated heterocycles. The first-order valence-corrected chi connectivity index (χ1v) is 8.43. The molecule has 0 aromatic carbocycles. The van der Waals surface area contributed by atoms with Crippen LogP contribution >= 0.6 is 0 Å². The highest BCUT2D eigenvalue weighted by molar-refractivity contribution is 5.74. The van der Waals surface area contributed by atoms with Crippen molar-refractivity contribution in [2.45, 2.75) is 26.2 Å². The summed E-state index contributed by atoms with van der Waals surface area (Å²) in [5.74, 6) is -2.84. The Morgan fingerprint density at radius 3 is 2.70 bits per heavy atom. The van der Waals surface area contributed by atoms with E-state index in [1.54, 1.807) is 31.0 Å². The summed E-state index contributed by atoms with van der Waals surface area (Å²) < 4.78 is 30.1. The number of aromatic nitrogens is 5. The number of nitrogens with zero attached hydrogens (tertiary/aromatic N) is 4. The maximum Gasteiger partial charge on any atom is 0.325 e. The van der Waals surface area contributed by atoms with Gasteiger partial charge in [0, 0.05) is 31.6 Å². The number of fused-ring (bicyclic) bond motifs is 1. The van der Waals surface area contributed by atoms with Gasteiger partial charge in [0.05, 0.1) is 17.8 Å². The average Bonchev–Trinajstić information content (AvgIpc) is 2.99. The minimum absolute atomic E-state index is 0.134. The van der Waals surface area contributed by atoms with E-state index in [1.807, 2.05) is 0 Å². The minimum Gasteiger partial charge on any atom is -0.362 e. The summed E-state index contributed by atoms with van der Waals surface area (Å²) in [6.07, 6.45) is 4.15. The van der Waals surface area contributed by atoms with Gasteiger partial charge in [0.25, 0.3) is 11.5 Å². The number of piperidine rings is 1. The van der Waals surface area contributed by atoms with E-state index in [0.717, 1.165) is 0 Å². The van der Waals surface area contributed by atoms with Crippen molar-refractivity contribution >= 4 is 11.3 Å². The van der Waals surface area contributed by atoms with Gasteiger partial charge < -0.3 is 9.88 Å². The van der Waals surface area contributed by atoms with E-state index in [4.69, 9.17) is 0 Å². The summed E-state index contributed by atoms with van der Waals surface area (Å²) in [5, 5.41) is 4.32. The molecule has 0 radical (unpaired) electrons. The quantitative estimate of drug-likeness (QED) is 0.708. The van der Waals surface area contributed by atoms with Crippen LogP contribution in [0, 0.1) is 5.41 Å². The third-order valence-electron chi connectivity index (χ3n) is 4.55. The summed E-state index contributed by atoms with van der Waals surface area (Å²) in [5.41, 5.74) is -0.569. The molecule has 0 bridgehead atoms. The molecular weight excluding hydrogens is 358 g/mol. The van der Waals surface area contributed by atoms with Gasteiger partial charge in [-0.1, -0.05) is 13.8 Å². The van der Waals surface area contributed by atoms with E-state index >= 15 is 0 Å². The zero-order valence-corrected chi connectivity index (χ0v) is 14.8. The number of aromatic amines is 2. The lowest BCUT2D eigenvalue weighted by Crippen LogP contribution is -2.51. The van der Waals surface area contributed by atoms with E-state index in [-0.39, 0.29) is 17.7 Å². The van der Waals surface area contributed by atoms with Crippen molar-refractivity contribution in [1.29, 1.82) is 0 Å². The number of hydrogen-bond acceptors (Lipinski definition) is 5. The van der Waals surface area contributed by atoms with Crippen molar-refractivity contribution in [3.63, 3.8) is 0 Å². The Kier molecular flexibility index (Phi) is 3.69. The first kappa shape index (κ1) is 17.4. The molecule has 1 aliphatic rings. The fourth-order valence-corrected chi connectivity index (χ4v) is 3.70. The molecule has 3 aromatic heterocycles. The van der Waals surface area contributed by atoms with Crippen molar-refractivity contribution in [2.75, 3.05) is 18.0 Å². The standard InChI is InChI=1S/C17H18F2N6O2/c1-16(2)7-17(18,19)9-24(8-16)12-5-11(23-25-4-3-20-13(12)25)10-6-21-15(27)22-14(10)26/h3-6H,7-9H2,1-2H3,(H2,21,22,26,27). The zero-order chi connectivity index (χ0) is 19.4. The Bertz CT molecular complexity index is 1110. The van der Waals surface area contributed by atoms with Crippen LogP contribution in [0.2, 0.25) is 0 Å². The Labute approximate surface area is 151 Å². The fourth-order valence-electron chi connectivity index (χ4n) is 3.70. The predicted molar refractivity (Wildman–Crippen MR) is 95.2 cm³/mol. The van der Waals surface area contributed by atoms with Crippen LogP contribution < -0.4 is 16.1 Å². The summed E-state index contributed by atoms with van der Waals surface area (Å²) in [6.45, 7) is 3.57. The lowest BCUT2D eigenvalue weighted by atomic mass is 9.82. The number of rotatable bonds is 2. The van der Waals surface area contributed by atoms with E-state index in [9.17, 15) is 18.4 Å². The van der Waals surface area contributed by atoms with Crippen LogP contribution in [0.4, 0.5) is 14.5 Å². The van der Waals surface area contributed by atoms with E-state index in [0.29, 0.717) is 17.9 Å². The summed E-state index contributed by atoms with van der Waals surface area (Å²) >= 11 is 0. The van der Waals surface area contributed by atoms with Crippen LogP contribution in [-0.4, -0.2) is 43.6 Å². The second kappa shape index (κ2) is 5.73. The van der Waals surface area contributed by atoms with Crippen LogP contribution in [0.15, 0.2) is 34.2 Å². The number of imidazole rings is 1. The van der Waals surface area contributed by atoms with Gasteiger partial charge in [0.2, 0.25) is 0 Å². The van der Waals surface area contributed by atoms with Crippen molar-refractivity contribution in [3.05, 3.63) is 45.5 Å². The smallest absolute Gasteiger partial charge is 0.325 e. The molecule has 0 aliphatic carbocycles. The van der Waals surface area contributed by atoms with Crippen LogP contribution in [-0.2, 0) is 0 Å². The third-order valence-corrected chi connectivity index (χ3v) is 4.55. The van der Waals surface area contributed by atoms with Crippen LogP contribution in [0.5, 0.6) is 0 Å². The number of halogens is 2. The molecule has 4 rings (SSSR count). The highest BCUT2D eigenvalue weighted by Crippen LogP contribution is 2.41. The second-order valence-corrected chi connectivity index (χ2v) is 7.65. The molecule has 27 heavy (non-hydrogen) atoms.